The van der Waals surface area contributed by atoms with Crippen LogP contribution in [0.15, 0.2) is 36.5 Å². The zero-order valence-electron chi connectivity index (χ0n) is 11.9. The normalized spacial score (nSPS) is 19.3. The lowest BCUT2D eigenvalue weighted by molar-refractivity contribution is 0.384. The molecule has 1 aliphatic rings. The van der Waals surface area contributed by atoms with Gasteiger partial charge in [-0.25, -0.2) is 0 Å². The summed E-state index contributed by atoms with van der Waals surface area (Å²) in [4.78, 5) is 4.51. The van der Waals surface area contributed by atoms with Crippen LogP contribution < -0.4 is 10.6 Å². The lowest BCUT2D eigenvalue weighted by atomic mass is 10.0. The predicted molar refractivity (Wildman–Crippen MR) is 84.0 cm³/mol. The molecule has 1 saturated heterocycles. The second-order valence-corrected chi connectivity index (χ2v) is 5.59. The van der Waals surface area contributed by atoms with E-state index in [1.165, 1.54) is 36.8 Å². The minimum Gasteiger partial charge on any atom is -0.315 e. The number of piperidine rings is 1. The molecule has 0 radical (unpaired) electrons. The van der Waals surface area contributed by atoms with E-state index in [9.17, 15) is 0 Å². The third kappa shape index (κ3) is 3.35. The van der Waals surface area contributed by atoms with Gasteiger partial charge in [0.2, 0.25) is 0 Å². The Bertz CT molecular complexity index is 541. The molecule has 1 unspecified atom stereocenters. The van der Waals surface area contributed by atoms with Gasteiger partial charge in [0.1, 0.15) is 0 Å². The third-order valence-electron chi connectivity index (χ3n) is 4.09. The largest absolute Gasteiger partial charge is 0.315 e. The van der Waals surface area contributed by atoms with E-state index in [1.807, 2.05) is 12.3 Å². The van der Waals surface area contributed by atoms with E-state index in [0.717, 1.165) is 25.0 Å². The Labute approximate surface area is 120 Å². The quantitative estimate of drug-likeness (QED) is 0.819. The van der Waals surface area contributed by atoms with Crippen LogP contribution in [-0.4, -0.2) is 30.7 Å². The molecule has 0 spiro atoms. The van der Waals surface area contributed by atoms with Gasteiger partial charge in [-0.2, -0.15) is 0 Å². The summed E-state index contributed by atoms with van der Waals surface area (Å²) in [6.07, 6.45) is 6.93. The van der Waals surface area contributed by atoms with Gasteiger partial charge in [0.25, 0.3) is 0 Å². The molecule has 106 valence electrons. The van der Waals surface area contributed by atoms with Crippen LogP contribution in [0.4, 0.5) is 0 Å². The van der Waals surface area contributed by atoms with E-state index in [4.69, 9.17) is 0 Å². The molecular weight excluding hydrogens is 246 g/mol. The van der Waals surface area contributed by atoms with E-state index in [1.54, 1.807) is 0 Å². The zero-order valence-corrected chi connectivity index (χ0v) is 11.9. The summed E-state index contributed by atoms with van der Waals surface area (Å²) in [5.41, 5.74) is 2.49. The molecule has 1 aromatic carbocycles. The number of fused-ring (bicyclic) bond motifs is 1. The first-order chi connectivity index (χ1) is 9.93. The number of pyridine rings is 1. The van der Waals surface area contributed by atoms with E-state index < -0.39 is 0 Å². The average molecular weight is 269 g/mol. The summed E-state index contributed by atoms with van der Waals surface area (Å²) in [7, 11) is 0. The second-order valence-electron chi connectivity index (χ2n) is 5.59. The van der Waals surface area contributed by atoms with Gasteiger partial charge in [-0.3, -0.25) is 4.98 Å². The Morgan fingerprint density at radius 1 is 1.20 bits per heavy atom. The molecule has 3 heteroatoms. The summed E-state index contributed by atoms with van der Waals surface area (Å²) >= 11 is 0. The molecule has 0 aliphatic carbocycles. The highest BCUT2D eigenvalue weighted by atomic mass is 15.0. The minimum absolute atomic E-state index is 0.661. The average Bonchev–Trinajstić information content (AvgIpc) is 2.53. The van der Waals surface area contributed by atoms with Crippen molar-refractivity contribution in [2.24, 2.45) is 0 Å². The first-order valence-electron chi connectivity index (χ1n) is 7.70. The molecule has 0 saturated carbocycles. The minimum atomic E-state index is 0.661. The Morgan fingerprint density at radius 3 is 3.05 bits per heavy atom. The number of nitrogens with one attached hydrogen (secondary N) is 2. The van der Waals surface area contributed by atoms with E-state index in [0.29, 0.717) is 6.04 Å². The third-order valence-corrected chi connectivity index (χ3v) is 4.09. The fourth-order valence-corrected chi connectivity index (χ4v) is 2.97. The maximum atomic E-state index is 4.51. The van der Waals surface area contributed by atoms with Gasteiger partial charge in [-0.1, -0.05) is 30.7 Å². The summed E-state index contributed by atoms with van der Waals surface area (Å²) < 4.78 is 0. The molecular formula is C17H23N3. The van der Waals surface area contributed by atoms with Crippen LogP contribution in [0.2, 0.25) is 0 Å². The Balaban J connectivity index is 1.52. The van der Waals surface area contributed by atoms with Crippen molar-refractivity contribution in [1.29, 1.82) is 0 Å². The number of nitrogens with zero attached hydrogens (tertiary/aromatic N) is 1. The van der Waals surface area contributed by atoms with Crippen molar-refractivity contribution >= 4 is 10.9 Å². The number of hydrogen-bond donors (Lipinski definition) is 2. The molecule has 20 heavy (non-hydrogen) atoms. The van der Waals surface area contributed by atoms with E-state index in [-0.39, 0.29) is 0 Å². The SMILES string of the molecule is c1cnc2c(CCNCC3CCCCN3)cccc2c1. The van der Waals surface area contributed by atoms with Crippen LogP contribution in [0.1, 0.15) is 24.8 Å². The molecule has 2 aromatic rings. The highest BCUT2D eigenvalue weighted by Gasteiger charge is 2.11. The molecule has 1 aromatic heterocycles. The summed E-state index contributed by atoms with van der Waals surface area (Å²) in [5, 5.41) is 8.39. The van der Waals surface area contributed by atoms with Gasteiger partial charge in [-0.05, 0) is 44.0 Å². The monoisotopic (exact) mass is 269 g/mol. The molecule has 0 bridgehead atoms. The number of benzene rings is 1. The molecule has 3 rings (SSSR count). The van der Waals surface area contributed by atoms with E-state index in [2.05, 4.69) is 39.9 Å². The van der Waals surface area contributed by atoms with Crippen LogP contribution in [0.3, 0.4) is 0 Å². The predicted octanol–water partition coefficient (Wildman–Crippen LogP) is 2.51. The van der Waals surface area contributed by atoms with E-state index >= 15 is 0 Å². The van der Waals surface area contributed by atoms with Crippen LogP contribution in [0.5, 0.6) is 0 Å². The maximum Gasteiger partial charge on any atom is 0.0734 e. The van der Waals surface area contributed by atoms with Gasteiger partial charge in [0.05, 0.1) is 5.52 Å². The lowest BCUT2D eigenvalue weighted by Crippen LogP contribution is -2.42. The van der Waals surface area contributed by atoms with Crippen LogP contribution in [0, 0.1) is 0 Å². The highest BCUT2D eigenvalue weighted by Crippen LogP contribution is 2.16. The highest BCUT2D eigenvalue weighted by molar-refractivity contribution is 5.81. The smallest absolute Gasteiger partial charge is 0.0734 e. The molecule has 2 heterocycles. The topological polar surface area (TPSA) is 37.0 Å². The number of para-hydroxylation sites is 1. The van der Waals surface area contributed by atoms with Crippen molar-refractivity contribution < 1.29 is 0 Å². The Hall–Kier alpha value is -1.45. The van der Waals surface area contributed by atoms with Crippen LogP contribution in [-0.2, 0) is 6.42 Å². The van der Waals surface area contributed by atoms with Crippen molar-refractivity contribution in [3.8, 4) is 0 Å². The summed E-state index contributed by atoms with van der Waals surface area (Å²) in [5.74, 6) is 0. The summed E-state index contributed by atoms with van der Waals surface area (Å²) in [6, 6.07) is 11.2. The molecule has 1 fully saturated rings. The van der Waals surface area contributed by atoms with Crippen molar-refractivity contribution in [3.63, 3.8) is 0 Å². The first-order valence-corrected chi connectivity index (χ1v) is 7.70. The van der Waals surface area contributed by atoms with Crippen LogP contribution in [0.25, 0.3) is 10.9 Å². The number of rotatable bonds is 5. The fraction of sp³-hybridized carbons (Fsp3) is 0.471. The van der Waals surface area contributed by atoms with Crippen molar-refractivity contribution in [1.82, 2.24) is 15.6 Å². The zero-order chi connectivity index (χ0) is 13.6. The molecule has 1 atom stereocenters. The molecule has 3 nitrogen and oxygen atoms in total. The van der Waals surface area contributed by atoms with Gasteiger partial charge in [0.15, 0.2) is 0 Å². The van der Waals surface area contributed by atoms with Gasteiger partial charge in [0, 0.05) is 24.2 Å². The maximum absolute atomic E-state index is 4.51. The van der Waals surface area contributed by atoms with Gasteiger partial charge in [-0.15, -0.1) is 0 Å². The van der Waals surface area contributed by atoms with Crippen molar-refractivity contribution in [2.45, 2.75) is 31.7 Å². The van der Waals surface area contributed by atoms with Gasteiger partial charge >= 0.3 is 0 Å². The second kappa shape index (κ2) is 6.82. The number of aromatic nitrogens is 1. The van der Waals surface area contributed by atoms with Gasteiger partial charge < -0.3 is 10.6 Å². The molecule has 2 N–H and O–H groups in total. The Morgan fingerprint density at radius 2 is 2.15 bits per heavy atom. The first kappa shape index (κ1) is 13.5. The number of hydrogen-bond acceptors (Lipinski definition) is 3. The van der Waals surface area contributed by atoms with Crippen molar-refractivity contribution in [2.75, 3.05) is 19.6 Å². The lowest BCUT2D eigenvalue weighted by Gasteiger charge is -2.23. The molecule has 0 amide bonds. The van der Waals surface area contributed by atoms with Crippen molar-refractivity contribution in [3.05, 3.63) is 42.1 Å². The fourth-order valence-electron chi connectivity index (χ4n) is 2.97. The standard InChI is InChI=1S/C17H23N3/c1-2-10-19-16(8-1)13-18-12-9-15-6-3-5-14-7-4-11-20-17(14)15/h3-7,11,16,18-19H,1-2,8-10,12-13H2. The Kier molecular flexibility index (Phi) is 4.61. The van der Waals surface area contributed by atoms with Crippen LogP contribution >= 0.6 is 0 Å². The summed E-state index contributed by atoms with van der Waals surface area (Å²) in [6.45, 7) is 3.28. The molecule has 1 aliphatic heterocycles.